The van der Waals surface area contributed by atoms with Gasteiger partial charge in [-0.05, 0) is 18.2 Å². The first-order valence-electron chi connectivity index (χ1n) is 7.75. The summed E-state index contributed by atoms with van der Waals surface area (Å²) in [5.74, 6) is -1.37. The molecule has 0 amide bonds. The highest BCUT2D eigenvalue weighted by molar-refractivity contribution is 6.42. The number of H-pyrrole nitrogens is 1. The maximum atomic E-state index is 12.9. The molecule has 0 aliphatic carbocycles. The molecule has 138 valence electrons. The molecule has 3 rings (SSSR count). The van der Waals surface area contributed by atoms with Crippen LogP contribution < -0.4 is 11.2 Å². The summed E-state index contributed by atoms with van der Waals surface area (Å²) in [6.45, 7) is 2.19. The van der Waals surface area contributed by atoms with Crippen molar-refractivity contribution in [3.63, 3.8) is 0 Å². The van der Waals surface area contributed by atoms with Gasteiger partial charge in [-0.1, -0.05) is 23.2 Å². The van der Waals surface area contributed by atoms with Gasteiger partial charge in [-0.25, -0.2) is 14.2 Å². The second kappa shape index (κ2) is 7.63. The number of aromatic nitrogens is 2. The smallest absolute Gasteiger partial charge is 0.352 e. The molecule has 1 aromatic heterocycles. The van der Waals surface area contributed by atoms with Crippen LogP contribution in [0.1, 0.15) is 16.1 Å². The number of nitrogens with zero attached hydrogens (tertiary/aromatic N) is 2. The zero-order valence-electron chi connectivity index (χ0n) is 13.5. The van der Waals surface area contributed by atoms with Gasteiger partial charge in [-0.3, -0.25) is 9.69 Å². The molecule has 2 N–H and O–H groups in total. The van der Waals surface area contributed by atoms with Crippen molar-refractivity contribution in [3.05, 3.63) is 60.3 Å². The number of morpholine rings is 1. The van der Waals surface area contributed by atoms with Crippen molar-refractivity contribution in [2.45, 2.75) is 6.54 Å². The number of nitrogens with one attached hydrogen (secondary N) is 1. The van der Waals surface area contributed by atoms with E-state index >= 15 is 0 Å². The number of halogens is 2. The predicted octanol–water partition coefficient (Wildman–Crippen LogP) is 1.36. The van der Waals surface area contributed by atoms with E-state index in [1.54, 1.807) is 0 Å². The van der Waals surface area contributed by atoms with Gasteiger partial charge in [0.1, 0.15) is 5.69 Å². The van der Waals surface area contributed by atoms with Gasteiger partial charge in [0.05, 0.1) is 34.5 Å². The minimum Gasteiger partial charge on any atom is -0.477 e. The molecular weight excluding hydrogens is 385 g/mol. The zero-order chi connectivity index (χ0) is 18.8. The van der Waals surface area contributed by atoms with Crippen molar-refractivity contribution >= 4 is 29.2 Å². The third-order valence-electron chi connectivity index (χ3n) is 4.06. The van der Waals surface area contributed by atoms with Crippen molar-refractivity contribution in [2.75, 3.05) is 26.3 Å². The maximum Gasteiger partial charge on any atom is 0.352 e. The van der Waals surface area contributed by atoms with Gasteiger partial charge >= 0.3 is 11.7 Å². The Hall–Kier alpha value is -2.13. The average molecular weight is 400 g/mol. The van der Waals surface area contributed by atoms with Crippen LogP contribution in [0.4, 0.5) is 0 Å². The van der Waals surface area contributed by atoms with Gasteiger partial charge in [-0.15, -0.1) is 0 Å². The molecule has 10 heteroatoms. The number of carboxylic acids is 1. The molecule has 1 aliphatic rings. The second-order valence-electron chi connectivity index (χ2n) is 5.72. The quantitative estimate of drug-likeness (QED) is 0.803. The second-order valence-corrected chi connectivity index (χ2v) is 6.53. The van der Waals surface area contributed by atoms with Crippen LogP contribution in [-0.2, 0) is 11.3 Å². The Kier molecular flexibility index (Phi) is 5.47. The van der Waals surface area contributed by atoms with E-state index in [4.69, 9.17) is 27.9 Å². The van der Waals surface area contributed by atoms with E-state index < -0.39 is 22.9 Å². The minimum absolute atomic E-state index is 0.00919. The zero-order valence-corrected chi connectivity index (χ0v) is 15.0. The summed E-state index contributed by atoms with van der Waals surface area (Å²) in [6.07, 6.45) is 0. The largest absolute Gasteiger partial charge is 0.477 e. The molecule has 0 spiro atoms. The molecule has 0 bridgehead atoms. The highest BCUT2D eigenvalue weighted by Crippen LogP contribution is 2.23. The molecule has 0 unspecified atom stereocenters. The molecule has 0 radical (unpaired) electrons. The van der Waals surface area contributed by atoms with Crippen molar-refractivity contribution in [3.8, 4) is 5.69 Å². The fourth-order valence-corrected chi connectivity index (χ4v) is 3.04. The lowest BCUT2D eigenvalue weighted by atomic mass is 10.2. The van der Waals surface area contributed by atoms with E-state index in [2.05, 4.69) is 4.98 Å². The van der Waals surface area contributed by atoms with Crippen LogP contribution >= 0.6 is 23.2 Å². The van der Waals surface area contributed by atoms with Gasteiger partial charge in [0.25, 0.3) is 5.56 Å². The lowest BCUT2D eigenvalue weighted by Gasteiger charge is -2.26. The van der Waals surface area contributed by atoms with Crippen LogP contribution in [0.2, 0.25) is 10.0 Å². The molecule has 8 nitrogen and oxygen atoms in total. The molecule has 1 aliphatic heterocycles. The number of aromatic carboxylic acids is 1. The van der Waals surface area contributed by atoms with Crippen LogP contribution in [0.5, 0.6) is 0 Å². The molecule has 0 atom stereocenters. The Bertz CT molecular complexity index is 963. The highest BCUT2D eigenvalue weighted by Gasteiger charge is 2.23. The molecule has 26 heavy (non-hydrogen) atoms. The number of hydrogen-bond donors (Lipinski definition) is 2. The first-order valence-corrected chi connectivity index (χ1v) is 8.51. The summed E-state index contributed by atoms with van der Waals surface area (Å²) in [5, 5.41) is 9.83. The summed E-state index contributed by atoms with van der Waals surface area (Å²) in [6, 6.07) is 4.29. The highest BCUT2D eigenvalue weighted by atomic mass is 35.5. The van der Waals surface area contributed by atoms with Gasteiger partial charge in [-0.2, -0.15) is 0 Å². The number of benzene rings is 1. The van der Waals surface area contributed by atoms with Gasteiger partial charge in [0, 0.05) is 19.6 Å². The summed E-state index contributed by atoms with van der Waals surface area (Å²) in [4.78, 5) is 41.0. The van der Waals surface area contributed by atoms with Gasteiger partial charge < -0.3 is 14.8 Å². The van der Waals surface area contributed by atoms with E-state index in [0.29, 0.717) is 26.3 Å². The molecule has 2 aromatic rings. The van der Waals surface area contributed by atoms with Crippen molar-refractivity contribution < 1.29 is 14.6 Å². The third kappa shape index (κ3) is 3.68. The Balaban J connectivity index is 2.15. The van der Waals surface area contributed by atoms with Crippen LogP contribution in [-0.4, -0.2) is 51.8 Å². The minimum atomic E-state index is -1.37. The lowest BCUT2D eigenvalue weighted by molar-refractivity contribution is 0.0336. The topological polar surface area (TPSA) is 105 Å². The number of ether oxygens (including phenoxy) is 1. The lowest BCUT2D eigenvalue weighted by Crippen LogP contribution is -2.42. The maximum absolute atomic E-state index is 12.9. The monoisotopic (exact) mass is 399 g/mol. The number of hydrogen-bond acceptors (Lipinski definition) is 5. The SMILES string of the molecule is O=C(O)c1[nH]c(=O)n(-c2ccc(Cl)c(Cl)c2)c(=O)c1CN1CCOCC1. The molecule has 1 fully saturated rings. The standard InChI is InChI=1S/C16H15Cl2N3O5/c17-11-2-1-9(7-12(11)18)21-14(22)10(8-20-3-5-26-6-4-20)13(15(23)24)19-16(21)25/h1-2,7H,3-6,8H2,(H,19,25)(H,23,24). The Morgan fingerprint density at radius 2 is 1.88 bits per heavy atom. The van der Waals surface area contributed by atoms with Crippen LogP contribution in [0.15, 0.2) is 27.8 Å². The molecule has 2 heterocycles. The number of aromatic amines is 1. The first-order chi connectivity index (χ1) is 12.4. The van der Waals surface area contributed by atoms with E-state index in [-0.39, 0.29) is 27.8 Å². The summed E-state index contributed by atoms with van der Waals surface area (Å²) < 4.78 is 6.11. The average Bonchev–Trinajstić information content (AvgIpc) is 2.61. The van der Waals surface area contributed by atoms with E-state index in [1.165, 1.54) is 18.2 Å². The van der Waals surface area contributed by atoms with Gasteiger partial charge in [0.15, 0.2) is 0 Å². The Morgan fingerprint density at radius 1 is 1.19 bits per heavy atom. The van der Waals surface area contributed by atoms with Crippen molar-refractivity contribution in [1.82, 2.24) is 14.5 Å². The van der Waals surface area contributed by atoms with Crippen molar-refractivity contribution in [1.29, 1.82) is 0 Å². The summed E-state index contributed by atoms with van der Waals surface area (Å²) >= 11 is 11.8. The first kappa shape index (κ1) is 18.7. The fraction of sp³-hybridized carbons (Fsp3) is 0.312. The third-order valence-corrected chi connectivity index (χ3v) is 4.80. The number of carbonyl (C=O) groups is 1. The predicted molar refractivity (Wildman–Crippen MR) is 95.7 cm³/mol. The molecular formula is C16H15Cl2N3O5. The Labute approximate surface area is 157 Å². The van der Waals surface area contributed by atoms with E-state index in [9.17, 15) is 19.5 Å². The molecule has 1 aromatic carbocycles. The van der Waals surface area contributed by atoms with Crippen LogP contribution in [0, 0.1) is 0 Å². The van der Waals surface area contributed by atoms with E-state index in [1.807, 2.05) is 4.90 Å². The fourth-order valence-electron chi connectivity index (χ4n) is 2.74. The summed E-state index contributed by atoms with van der Waals surface area (Å²) in [5.41, 5.74) is -1.80. The van der Waals surface area contributed by atoms with E-state index in [0.717, 1.165) is 4.57 Å². The van der Waals surface area contributed by atoms with Crippen molar-refractivity contribution in [2.24, 2.45) is 0 Å². The summed E-state index contributed by atoms with van der Waals surface area (Å²) in [7, 11) is 0. The number of rotatable bonds is 4. The van der Waals surface area contributed by atoms with Crippen LogP contribution in [0.3, 0.4) is 0 Å². The molecule has 1 saturated heterocycles. The van der Waals surface area contributed by atoms with Gasteiger partial charge in [0.2, 0.25) is 0 Å². The van der Waals surface area contributed by atoms with Crippen LogP contribution in [0.25, 0.3) is 5.69 Å². The Morgan fingerprint density at radius 3 is 2.50 bits per heavy atom. The normalized spacial score (nSPS) is 15.2. The number of carboxylic acid groups (broad SMARTS) is 1. The molecule has 0 saturated carbocycles.